The molecule has 1 amide bonds. The van der Waals surface area contributed by atoms with Crippen molar-refractivity contribution < 1.29 is 9.90 Å². The first-order valence-corrected chi connectivity index (χ1v) is 7.74. The molecule has 0 bridgehead atoms. The summed E-state index contributed by atoms with van der Waals surface area (Å²) in [5.41, 5.74) is 1.39. The van der Waals surface area contributed by atoms with Crippen LogP contribution >= 0.6 is 0 Å². The summed E-state index contributed by atoms with van der Waals surface area (Å²) in [6, 6.07) is 14.3. The number of hydrogen-bond donors (Lipinski definition) is 2. The van der Waals surface area contributed by atoms with Gasteiger partial charge in [-0.05, 0) is 30.2 Å². The molecular weight excluding hydrogens is 304 g/mol. The Labute approximate surface area is 139 Å². The predicted octanol–water partition coefficient (Wildman–Crippen LogP) is 3.06. The number of carbonyl (C=O) groups excluding carboxylic acids is 1. The minimum Gasteiger partial charge on any atom is -0.506 e. The first kappa shape index (κ1) is 15.8. The predicted molar refractivity (Wildman–Crippen MR) is 94.6 cm³/mol. The van der Waals surface area contributed by atoms with Crippen molar-refractivity contribution in [2.24, 2.45) is 7.05 Å². The van der Waals surface area contributed by atoms with Gasteiger partial charge in [0.05, 0.1) is 5.52 Å². The molecule has 0 aliphatic rings. The Morgan fingerprint density at radius 1 is 1.12 bits per heavy atom. The highest BCUT2D eigenvalue weighted by atomic mass is 16.3. The van der Waals surface area contributed by atoms with Crippen molar-refractivity contribution in [3.05, 3.63) is 70.0 Å². The summed E-state index contributed by atoms with van der Waals surface area (Å²) in [5, 5.41) is 13.7. The zero-order chi connectivity index (χ0) is 17.3. The number of pyridine rings is 1. The van der Waals surface area contributed by atoms with Gasteiger partial charge in [-0.3, -0.25) is 9.59 Å². The van der Waals surface area contributed by atoms with Gasteiger partial charge in [-0.15, -0.1) is 0 Å². The lowest BCUT2D eigenvalue weighted by molar-refractivity contribution is 0.102. The van der Waals surface area contributed by atoms with Gasteiger partial charge in [0, 0.05) is 18.1 Å². The summed E-state index contributed by atoms with van der Waals surface area (Å²) < 4.78 is 1.42. The van der Waals surface area contributed by atoms with Crippen molar-refractivity contribution in [1.82, 2.24) is 4.57 Å². The van der Waals surface area contributed by atoms with Crippen molar-refractivity contribution in [3.8, 4) is 5.75 Å². The molecule has 1 aromatic heterocycles. The van der Waals surface area contributed by atoms with E-state index in [9.17, 15) is 14.7 Å². The topological polar surface area (TPSA) is 71.3 Å². The lowest BCUT2D eigenvalue weighted by atomic mass is 10.0. The van der Waals surface area contributed by atoms with Gasteiger partial charge in [0.2, 0.25) is 0 Å². The average molecular weight is 322 g/mol. The van der Waals surface area contributed by atoms with Gasteiger partial charge >= 0.3 is 0 Å². The molecule has 0 aliphatic heterocycles. The fourth-order valence-electron chi connectivity index (χ4n) is 2.89. The van der Waals surface area contributed by atoms with Gasteiger partial charge in [0.25, 0.3) is 11.5 Å². The molecule has 5 heteroatoms. The van der Waals surface area contributed by atoms with E-state index in [1.165, 1.54) is 4.57 Å². The third-order valence-electron chi connectivity index (χ3n) is 4.11. The van der Waals surface area contributed by atoms with E-state index in [1.54, 1.807) is 37.4 Å². The minimum atomic E-state index is -0.622. The highest BCUT2D eigenvalue weighted by molar-refractivity contribution is 6.09. The molecule has 0 aliphatic carbocycles. The second-order valence-electron chi connectivity index (χ2n) is 5.57. The van der Waals surface area contributed by atoms with E-state index in [0.29, 0.717) is 16.6 Å². The van der Waals surface area contributed by atoms with Crippen LogP contribution in [0.4, 0.5) is 5.69 Å². The monoisotopic (exact) mass is 322 g/mol. The summed E-state index contributed by atoms with van der Waals surface area (Å²) in [5.74, 6) is -0.903. The van der Waals surface area contributed by atoms with Crippen molar-refractivity contribution in [3.63, 3.8) is 0 Å². The van der Waals surface area contributed by atoms with Crippen LogP contribution in [-0.2, 0) is 13.5 Å². The molecular formula is C19H18N2O3. The van der Waals surface area contributed by atoms with E-state index < -0.39 is 11.5 Å². The standard InChI is InChI=1S/C19H18N2O3/c1-3-12-8-7-11-14-16(12)21(2)19(24)15(17(14)22)18(23)20-13-9-5-4-6-10-13/h4-11,22H,3H2,1-2H3,(H,20,23). The van der Waals surface area contributed by atoms with Crippen LogP contribution in [0.25, 0.3) is 10.9 Å². The van der Waals surface area contributed by atoms with E-state index in [2.05, 4.69) is 5.32 Å². The molecule has 0 fully saturated rings. The maximum Gasteiger partial charge on any atom is 0.267 e. The Balaban J connectivity index is 2.19. The van der Waals surface area contributed by atoms with E-state index in [0.717, 1.165) is 12.0 Å². The molecule has 0 saturated carbocycles. The van der Waals surface area contributed by atoms with Crippen molar-refractivity contribution in [2.75, 3.05) is 5.32 Å². The summed E-state index contributed by atoms with van der Waals surface area (Å²) in [6.07, 6.45) is 0.722. The fourth-order valence-corrected chi connectivity index (χ4v) is 2.89. The number of rotatable bonds is 3. The van der Waals surface area contributed by atoms with Crippen LogP contribution in [0, 0.1) is 0 Å². The molecule has 24 heavy (non-hydrogen) atoms. The smallest absolute Gasteiger partial charge is 0.267 e. The van der Waals surface area contributed by atoms with E-state index in [1.807, 2.05) is 25.1 Å². The Hall–Kier alpha value is -3.08. The van der Waals surface area contributed by atoms with Gasteiger partial charge in [0.15, 0.2) is 0 Å². The first-order valence-electron chi connectivity index (χ1n) is 7.74. The van der Waals surface area contributed by atoms with Crippen LogP contribution in [-0.4, -0.2) is 15.6 Å². The number of carbonyl (C=O) groups is 1. The summed E-state index contributed by atoms with van der Waals surface area (Å²) >= 11 is 0. The number of benzene rings is 2. The third kappa shape index (κ3) is 2.54. The van der Waals surface area contributed by atoms with E-state index in [-0.39, 0.29) is 11.3 Å². The summed E-state index contributed by atoms with van der Waals surface area (Å²) in [4.78, 5) is 25.2. The maximum atomic E-state index is 12.6. The number of fused-ring (bicyclic) bond motifs is 1. The lowest BCUT2D eigenvalue weighted by Gasteiger charge is -2.14. The highest BCUT2D eigenvalue weighted by Gasteiger charge is 2.22. The van der Waals surface area contributed by atoms with Gasteiger partial charge in [0.1, 0.15) is 11.3 Å². The fraction of sp³-hybridized carbons (Fsp3) is 0.158. The molecule has 0 atom stereocenters. The van der Waals surface area contributed by atoms with Crippen LogP contribution in [0.5, 0.6) is 5.75 Å². The molecule has 0 radical (unpaired) electrons. The summed E-state index contributed by atoms with van der Waals surface area (Å²) in [7, 11) is 1.61. The van der Waals surface area contributed by atoms with E-state index >= 15 is 0 Å². The number of aromatic hydroxyl groups is 1. The zero-order valence-electron chi connectivity index (χ0n) is 13.5. The maximum absolute atomic E-state index is 12.6. The second-order valence-corrected chi connectivity index (χ2v) is 5.57. The average Bonchev–Trinajstić information content (AvgIpc) is 2.60. The van der Waals surface area contributed by atoms with Gasteiger partial charge in [-0.2, -0.15) is 0 Å². The van der Waals surface area contributed by atoms with Crippen LogP contribution in [0.15, 0.2) is 53.3 Å². The molecule has 5 nitrogen and oxygen atoms in total. The van der Waals surface area contributed by atoms with Crippen molar-refractivity contribution in [1.29, 1.82) is 0 Å². The number of anilines is 1. The number of amides is 1. The van der Waals surface area contributed by atoms with E-state index in [4.69, 9.17) is 0 Å². The molecule has 1 heterocycles. The SMILES string of the molecule is CCc1cccc2c(O)c(C(=O)Nc3ccccc3)c(=O)n(C)c12. The molecule has 0 saturated heterocycles. The second kappa shape index (κ2) is 6.20. The Kier molecular flexibility index (Phi) is 4.08. The Bertz CT molecular complexity index is 975. The van der Waals surface area contributed by atoms with Crippen molar-refractivity contribution >= 4 is 22.5 Å². The van der Waals surface area contributed by atoms with Gasteiger partial charge < -0.3 is 15.0 Å². The number of nitrogens with zero attached hydrogens (tertiary/aromatic N) is 1. The number of para-hydroxylation sites is 2. The Morgan fingerprint density at radius 3 is 2.50 bits per heavy atom. The lowest BCUT2D eigenvalue weighted by Crippen LogP contribution is -2.28. The number of aromatic nitrogens is 1. The quantitative estimate of drug-likeness (QED) is 0.778. The summed E-state index contributed by atoms with van der Waals surface area (Å²) in [6.45, 7) is 1.98. The molecule has 0 spiro atoms. The van der Waals surface area contributed by atoms with Crippen molar-refractivity contribution in [2.45, 2.75) is 13.3 Å². The normalized spacial score (nSPS) is 10.8. The van der Waals surface area contributed by atoms with Crippen LogP contribution in [0.2, 0.25) is 0 Å². The molecule has 3 aromatic rings. The zero-order valence-corrected chi connectivity index (χ0v) is 13.5. The first-order chi connectivity index (χ1) is 11.5. The van der Waals surface area contributed by atoms with Crippen LogP contribution in [0.1, 0.15) is 22.8 Å². The van der Waals surface area contributed by atoms with Gasteiger partial charge in [-0.25, -0.2) is 0 Å². The molecule has 2 N–H and O–H groups in total. The highest BCUT2D eigenvalue weighted by Crippen LogP contribution is 2.29. The number of aryl methyl sites for hydroxylation is 2. The number of nitrogens with one attached hydrogen (secondary N) is 1. The Morgan fingerprint density at radius 2 is 1.83 bits per heavy atom. The minimum absolute atomic E-state index is 0.248. The molecule has 0 unspecified atom stereocenters. The molecule has 122 valence electrons. The van der Waals surface area contributed by atoms with Gasteiger partial charge in [-0.1, -0.05) is 37.3 Å². The van der Waals surface area contributed by atoms with Crippen LogP contribution < -0.4 is 10.9 Å². The number of hydrogen-bond acceptors (Lipinski definition) is 3. The molecule has 3 rings (SSSR count). The largest absolute Gasteiger partial charge is 0.506 e. The third-order valence-corrected chi connectivity index (χ3v) is 4.11. The molecule has 2 aromatic carbocycles. The van der Waals surface area contributed by atoms with Crippen LogP contribution in [0.3, 0.4) is 0 Å².